The molecule has 0 aliphatic carbocycles. The minimum absolute atomic E-state index is 1.27. The zero-order valence-electron chi connectivity index (χ0n) is 16.9. The summed E-state index contributed by atoms with van der Waals surface area (Å²) in [4.78, 5) is 0. The first-order valence-electron chi connectivity index (χ1n) is 10.0. The average molecular weight is 361 g/mol. The molecule has 138 valence electrons. The summed E-state index contributed by atoms with van der Waals surface area (Å²) in [6.07, 6.45) is -1.27. The van der Waals surface area contributed by atoms with E-state index in [4.69, 9.17) is 0 Å². The van der Waals surface area contributed by atoms with E-state index in [-0.39, 0.29) is 0 Å². The third-order valence-electron chi connectivity index (χ3n) is 6.47. The van der Waals surface area contributed by atoms with E-state index in [0.29, 0.717) is 0 Å². The highest BCUT2D eigenvalue weighted by Crippen LogP contribution is 2.16. The summed E-state index contributed by atoms with van der Waals surface area (Å²) in [7, 11) is 0. The summed E-state index contributed by atoms with van der Waals surface area (Å²) in [6, 6.07) is 37.6. The van der Waals surface area contributed by atoms with Crippen LogP contribution in [0.15, 0.2) is 103 Å². The molecule has 0 heterocycles. The van der Waals surface area contributed by atoms with Gasteiger partial charge in [0.25, 0.3) is 0 Å². The molecular formula is C27H26B-. The highest BCUT2D eigenvalue weighted by molar-refractivity contribution is 7.20. The van der Waals surface area contributed by atoms with Crippen LogP contribution in [0.2, 0.25) is 0 Å². The van der Waals surface area contributed by atoms with Crippen LogP contribution in [0, 0.1) is 20.8 Å². The van der Waals surface area contributed by atoms with Crippen molar-refractivity contribution in [2.75, 3.05) is 0 Å². The molecule has 0 amide bonds. The molecule has 0 bridgehead atoms. The molecule has 28 heavy (non-hydrogen) atoms. The Kier molecular flexibility index (Phi) is 4.92. The molecule has 4 rings (SSSR count). The van der Waals surface area contributed by atoms with Gasteiger partial charge in [-0.1, -0.05) is 109 Å². The molecule has 0 aromatic heterocycles. The fourth-order valence-corrected chi connectivity index (χ4v) is 4.79. The second-order valence-electron chi connectivity index (χ2n) is 7.82. The van der Waals surface area contributed by atoms with Gasteiger partial charge >= 0.3 is 0 Å². The van der Waals surface area contributed by atoms with Gasteiger partial charge in [0, 0.05) is 0 Å². The third kappa shape index (κ3) is 2.88. The Morgan fingerprint density at radius 1 is 0.429 bits per heavy atom. The molecule has 0 fully saturated rings. The first-order chi connectivity index (χ1) is 13.7. The first kappa shape index (κ1) is 18.3. The maximum absolute atomic E-state index is 2.35. The molecule has 0 atom stereocenters. The van der Waals surface area contributed by atoms with Gasteiger partial charge in [0.2, 0.25) is 0 Å². The number of hydrogen-bond donors (Lipinski definition) is 0. The van der Waals surface area contributed by atoms with Crippen molar-refractivity contribution in [3.05, 3.63) is 120 Å². The molecule has 4 aromatic carbocycles. The molecule has 0 aliphatic heterocycles. The van der Waals surface area contributed by atoms with Gasteiger partial charge in [-0.2, -0.15) is 21.9 Å². The maximum Gasteiger partial charge on any atom is 0.108 e. The highest BCUT2D eigenvalue weighted by Gasteiger charge is 2.32. The van der Waals surface area contributed by atoms with E-state index in [2.05, 4.69) is 124 Å². The summed E-state index contributed by atoms with van der Waals surface area (Å²) in [6.45, 7) is 6.73. The number of hydrogen-bond acceptors (Lipinski definition) is 0. The molecule has 0 aliphatic rings. The van der Waals surface area contributed by atoms with Crippen molar-refractivity contribution in [1.82, 2.24) is 0 Å². The zero-order chi connectivity index (χ0) is 19.6. The quantitative estimate of drug-likeness (QED) is 0.482. The van der Waals surface area contributed by atoms with Crippen molar-refractivity contribution in [2.45, 2.75) is 20.8 Å². The molecule has 0 nitrogen and oxygen atoms in total. The predicted octanol–water partition coefficient (Wildman–Crippen LogP) is 3.99. The van der Waals surface area contributed by atoms with E-state index >= 15 is 0 Å². The van der Waals surface area contributed by atoms with Gasteiger partial charge in [0.15, 0.2) is 0 Å². The lowest BCUT2D eigenvalue weighted by molar-refractivity contribution is 1.28. The van der Waals surface area contributed by atoms with Crippen LogP contribution in [0.4, 0.5) is 0 Å². The van der Waals surface area contributed by atoms with Crippen molar-refractivity contribution < 1.29 is 0 Å². The largest absolute Gasteiger partial charge is 0.195 e. The fourth-order valence-electron chi connectivity index (χ4n) is 4.79. The van der Waals surface area contributed by atoms with Crippen molar-refractivity contribution in [1.29, 1.82) is 0 Å². The van der Waals surface area contributed by atoms with E-state index in [1.807, 2.05) is 0 Å². The molecule has 0 saturated heterocycles. The Morgan fingerprint density at radius 2 is 0.821 bits per heavy atom. The predicted molar refractivity (Wildman–Crippen MR) is 124 cm³/mol. The van der Waals surface area contributed by atoms with Gasteiger partial charge in [0.1, 0.15) is 6.15 Å². The molecule has 0 saturated carbocycles. The number of benzene rings is 4. The minimum atomic E-state index is -1.27. The number of aryl methyl sites for hydroxylation is 1. The lowest BCUT2D eigenvalue weighted by Crippen LogP contribution is -2.75. The third-order valence-corrected chi connectivity index (χ3v) is 6.47. The minimum Gasteiger partial charge on any atom is -0.195 e. The summed E-state index contributed by atoms with van der Waals surface area (Å²) < 4.78 is 0. The van der Waals surface area contributed by atoms with E-state index in [1.54, 1.807) is 0 Å². The summed E-state index contributed by atoms with van der Waals surface area (Å²) >= 11 is 0. The van der Waals surface area contributed by atoms with Gasteiger partial charge < -0.3 is 0 Å². The Labute approximate surface area is 168 Å². The van der Waals surface area contributed by atoms with Crippen LogP contribution in [0.3, 0.4) is 0 Å². The smallest absolute Gasteiger partial charge is 0.108 e. The Morgan fingerprint density at radius 3 is 1.21 bits per heavy atom. The van der Waals surface area contributed by atoms with Crippen LogP contribution >= 0.6 is 0 Å². The van der Waals surface area contributed by atoms with Crippen LogP contribution in [-0.2, 0) is 0 Å². The topological polar surface area (TPSA) is 0 Å². The Bertz CT molecular complexity index is 971. The SMILES string of the molecule is Cc1ccc([B-](c2ccccc2)(c2ccccc2)c2ccccc2)c(C)c1C. The monoisotopic (exact) mass is 361 g/mol. The standard InChI is InChI=1S/C27H26B/c1-21-19-20-27(23(3)22(21)2)28(24-13-7-4-8-14-24,25-15-9-5-10-16-25)26-17-11-6-12-18-26/h4-20H,1-3H3/q-1. The molecule has 0 N–H and O–H groups in total. The lowest BCUT2D eigenvalue weighted by atomic mass is 9.12. The van der Waals surface area contributed by atoms with E-state index in [1.165, 1.54) is 38.5 Å². The molecule has 1 heteroatoms. The molecule has 0 spiro atoms. The van der Waals surface area contributed by atoms with Crippen molar-refractivity contribution >= 4 is 28.0 Å². The molecule has 0 unspecified atom stereocenters. The summed E-state index contributed by atoms with van der Waals surface area (Å²) in [5.41, 5.74) is 9.58. The van der Waals surface area contributed by atoms with Crippen molar-refractivity contribution in [3.63, 3.8) is 0 Å². The van der Waals surface area contributed by atoms with Gasteiger partial charge in [-0.3, -0.25) is 0 Å². The second kappa shape index (κ2) is 7.52. The highest BCUT2D eigenvalue weighted by atomic mass is 14.1. The Balaban J connectivity index is 2.19. The van der Waals surface area contributed by atoms with E-state index < -0.39 is 6.15 Å². The van der Waals surface area contributed by atoms with Crippen molar-refractivity contribution in [3.8, 4) is 0 Å². The van der Waals surface area contributed by atoms with Gasteiger partial charge in [0.05, 0.1) is 0 Å². The van der Waals surface area contributed by atoms with Crippen LogP contribution in [0.5, 0.6) is 0 Å². The lowest BCUT2D eigenvalue weighted by Gasteiger charge is -2.45. The van der Waals surface area contributed by atoms with Crippen LogP contribution < -0.4 is 21.9 Å². The normalized spacial score (nSPS) is 11.4. The average Bonchev–Trinajstić information content (AvgIpc) is 2.76. The van der Waals surface area contributed by atoms with Crippen LogP contribution in [-0.4, -0.2) is 6.15 Å². The Hall–Kier alpha value is -3.06. The van der Waals surface area contributed by atoms with Crippen LogP contribution in [0.25, 0.3) is 0 Å². The fraction of sp³-hybridized carbons (Fsp3) is 0.111. The van der Waals surface area contributed by atoms with Crippen LogP contribution in [0.1, 0.15) is 16.7 Å². The molecular weight excluding hydrogens is 335 g/mol. The molecule has 4 aromatic rings. The number of rotatable bonds is 4. The second-order valence-corrected chi connectivity index (χ2v) is 7.82. The summed E-state index contributed by atoms with van der Waals surface area (Å²) in [5.74, 6) is 0. The maximum atomic E-state index is 2.35. The van der Waals surface area contributed by atoms with Gasteiger partial charge in [-0.05, 0) is 31.9 Å². The van der Waals surface area contributed by atoms with E-state index in [9.17, 15) is 0 Å². The first-order valence-corrected chi connectivity index (χ1v) is 10.0. The van der Waals surface area contributed by atoms with Gasteiger partial charge in [-0.25, -0.2) is 0 Å². The molecule has 0 radical (unpaired) electrons. The van der Waals surface area contributed by atoms with Crippen molar-refractivity contribution in [2.24, 2.45) is 0 Å². The summed E-state index contributed by atoms with van der Waals surface area (Å²) in [5, 5.41) is 0. The van der Waals surface area contributed by atoms with E-state index in [0.717, 1.165) is 0 Å². The zero-order valence-corrected chi connectivity index (χ0v) is 16.9. The van der Waals surface area contributed by atoms with Gasteiger partial charge in [-0.15, -0.1) is 0 Å².